The quantitative estimate of drug-likeness (QED) is 0.844. The molecule has 0 aliphatic heterocycles. The van der Waals surface area contributed by atoms with Gasteiger partial charge in [0.25, 0.3) is 0 Å². The van der Waals surface area contributed by atoms with Crippen molar-refractivity contribution in [1.29, 1.82) is 0 Å². The van der Waals surface area contributed by atoms with Gasteiger partial charge in [0.1, 0.15) is 0 Å². The first-order valence-electron chi connectivity index (χ1n) is 7.18. The molecule has 1 unspecified atom stereocenters. The highest BCUT2D eigenvalue weighted by Crippen LogP contribution is 2.37. The Morgan fingerprint density at radius 2 is 2.21 bits per heavy atom. The van der Waals surface area contributed by atoms with Crippen molar-refractivity contribution in [2.45, 2.75) is 56.4 Å². The minimum atomic E-state index is -0.133. The third-order valence-electron chi connectivity index (χ3n) is 4.57. The largest absolute Gasteiger partial charge is 0.349 e. The maximum atomic E-state index is 12.6. The van der Waals surface area contributed by atoms with Gasteiger partial charge in [-0.25, -0.2) is 0 Å². The minimum absolute atomic E-state index is 0.0516. The predicted octanol–water partition coefficient (Wildman–Crippen LogP) is 3.84. The van der Waals surface area contributed by atoms with Crippen LogP contribution in [0.5, 0.6) is 0 Å². The molecule has 1 amide bonds. The van der Waals surface area contributed by atoms with Crippen molar-refractivity contribution in [3.05, 3.63) is 21.9 Å². The molecule has 2 nitrogen and oxygen atoms in total. The molecule has 1 aromatic heterocycles. The summed E-state index contributed by atoms with van der Waals surface area (Å²) in [5.41, 5.74) is 1.13. The first-order valence-corrected chi connectivity index (χ1v) is 8.60. The van der Waals surface area contributed by atoms with Gasteiger partial charge in [-0.1, -0.05) is 12.8 Å². The predicted molar refractivity (Wildman–Crippen MR) is 80.1 cm³/mol. The van der Waals surface area contributed by atoms with Crippen molar-refractivity contribution >= 4 is 28.8 Å². The van der Waals surface area contributed by atoms with E-state index in [-0.39, 0.29) is 17.4 Å². The lowest BCUT2D eigenvalue weighted by Gasteiger charge is -2.31. The maximum Gasteiger partial charge on any atom is 0.228 e. The number of fused-ring (bicyclic) bond motifs is 1. The van der Waals surface area contributed by atoms with E-state index >= 15 is 0 Å². The zero-order valence-corrected chi connectivity index (χ0v) is 12.7. The third-order valence-corrected chi connectivity index (χ3v) is 6.08. The number of thiophene rings is 1. The average molecular weight is 298 g/mol. The van der Waals surface area contributed by atoms with Crippen molar-refractivity contribution in [2.75, 3.05) is 5.88 Å². The smallest absolute Gasteiger partial charge is 0.228 e. The molecule has 104 valence electrons. The molecule has 1 aromatic rings. The van der Waals surface area contributed by atoms with E-state index in [0.29, 0.717) is 5.88 Å². The van der Waals surface area contributed by atoms with Gasteiger partial charge >= 0.3 is 0 Å². The molecule has 1 saturated carbocycles. The molecule has 1 N–H and O–H groups in total. The summed E-state index contributed by atoms with van der Waals surface area (Å²) in [6.07, 6.45) is 7.67. The van der Waals surface area contributed by atoms with Crippen molar-refractivity contribution in [1.82, 2.24) is 5.32 Å². The normalized spacial score (nSPS) is 25.0. The number of amides is 1. The van der Waals surface area contributed by atoms with Crippen LogP contribution in [0.3, 0.4) is 0 Å². The summed E-state index contributed by atoms with van der Waals surface area (Å²) in [7, 11) is 0. The summed E-state index contributed by atoms with van der Waals surface area (Å²) in [5, 5.41) is 5.39. The number of nitrogens with one attached hydrogen (secondary N) is 1. The number of aryl methyl sites for hydroxylation is 1. The Balaban J connectivity index is 1.75. The summed E-state index contributed by atoms with van der Waals surface area (Å²) < 4.78 is 0. The second kappa shape index (κ2) is 5.45. The molecule has 4 heteroatoms. The van der Waals surface area contributed by atoms with Gasteiger partial charge in [0.05, 0.1) is 11.5 Å². The van der Waals surface area contributed by atoms with E-state index in [1.165, 1.54) is 23.3 Å². The lowest BCUT2D eigenvalue weighted by Crippen LogP contribution is -2.49. The van der Waals surface area contributed by atoms with Gasteiger partial charge in [-0.3, -0.25) is 4.79 Å². The topological polar surface area (TPSA) is 29.1 Å². The molecule has 0 aromatic carbocycles. The Morgan fingerprint density at radius 1 is 1.42 bits per heavy atom. The third kappa shape index (κ3) is 2.55. The summed E-state index contributed by atoms with van der Waals surface area (Å²) in [6.45, 7) is 0. The number of rotatable bonds is 3. The van der Waals surface area contributed by atoms with Crippen LogP contribution in [0.1, 0.15) is 54.9 Å². The van der Waals surface area contributed by atoms with Crippen molar-refractivity contribution in [3.8, 4) is 0 Å². The molecule has 0 radical (unpaired) electrons. The monoisotopic (exact) mass is 297 g/mol. The molecular weight excluding hydrogens is 278 g/mol. The molecule has 2 aliphatic rings. The highest BCUT2D eigenvalue weighted by atomic mass is 35.5. The Kier molecular flexibility index (Phi) is 3.86. The number of hydrogen-bond donors (Lipinski definition) is 1. The molecule has 19 heavy (non-hydrogen) atoms. The van der Waals surface area contributed by atoms with E-state index in [1.807, 2.05) is 0 Å². The highest BCUT2D eigenvalue weighted by Gasteiger charge is 2.37. The summed E-state index contributed by atoms with van der Waals surface area (Å²) in [5.74, 6) is 0.791. The number of carbonyl (C=O) groups is 1. The van der Waals surface area contributed by atoms with E-state index in [1.54, 1.807) is 11.3 Å². The first-order chi connectivity index (χ1) is 9.24. The highest BCUT2D eigenvalue weighted by molar-refractivity contribution is 7.10. The molecule has 0 saturated heterocycles. The maximum absolute atomic E-state index is 12.6. The van der Waals surface area contributed by atoms with E-state index in [2.05, 4.69) is 16.8 Å². The zero-order chi connectivity index (χ0) is 13.3. The van der Waals surface area contributed by atoms with E-state index in [9.17, 15) is 4.79 Å². The summed E-state index contributed by atoms with van der Waals surface area (Å²) >= 11 is 7.90. The lowest BCUT2D eigenvalue weighted by atomic mass is 9.86. The van der Waals surface area contributed by atoms with Crippen LogP contribution < -0.4 is 5.32 Å². The molecule has 0 bridgehead atoms. The van der Waals surface area contributed by atoms with Gasteiger partial charge in [0.15, 0.2) is 0 Å². The van der Waals surface area contributed by atoms with Gasteiger partial charge in [-0.15, -0.1) is 22.9 Å². The van der Waals surface area contributed by atoms with Crippen LogP contribution in [-0.2, 0) is 11.2 Å². The van der Waals surface area contributed by atoms with Gasteiger partial charge in [0.2, 0.25) is 5.91 Å². The second-order valence-corrected chi connectivity index (χ2v) is 7.12. The minimum Gasteiger partial charge on any atom is -0.349 e. The summed E-state index contributed by atoms with van der Waals surface area (Å²) in [4.78, 5) is 14.0. The number of hydrogen-bond acceptors (Lipinski definition) is 2. The van der Waals surface area contributed by atoms with Crippen LogP contribution in [0, 0.1) is 0 Å². The van der Waals surface area contributed by atoms with Gasteiger partial charge in [-0.2, -0.15) is 0 Å². The van der Waals surface area contributed by atoms with Gasteiger partial charge in [0, 0.05) is 10.8 Å². The first kappa shape index (κ1) is 13.4. The van der Waals surface area contributed by atoms with Crippen LogP contribution in [0.25, 0.3) is 0 Å². The van der Waals surface area contributed by atoms with E-state index in [4.69, 9.17) is 11.6 Å². The SMILES string of the molecule is O=C(NC1(CCl)CCCC1)C1CCCc2sccc21. The standard InChI is InChI=1S/C15H20ClNOS/c16-10-15(7-1-2-8-15)17-14(18)12-4-3-5-13-11(12)6-9-19-13/h6,9,12H,1-5,7-8,10H2,(H,17,18). The fraction of sp³-hybridized carbons (Fsp3) is 0.667. The lowest BCUT2D eigenvalue weighted by molar-refractivity contribution is -0.124. The van der Waals surface area contributed by atoms with E-state index in [0.717, 1.165) is 32.1 Å². The molecule has 1 fully saturated rings. The Labute approximate surface area is 123 Å². The van der Waals surface area contributed by atoms with Crippen LogP contribution in [0.2, 0.25) is 0 Å². The molecule has 2 aliphatic carbocycles. The molecular formula is C15H20ClNOS. The molecule has 3 rings (SSSR count). The molecule has 1 atom stereocenters. The van der Waals surface area contributed by atoms with E-state index < -0.39 is 0 Å². The van der Waals surface area contributed by atoms with Gasteiger partial charge < -0.3 is 5.32 Å². The van der Waals surface area contributed by atoms with Crippen LogP contribution >= 0.6 is 22.9 Å². The van der Waals surface area contributed by atoms with Crippen LogP contribution in [0.15, 0.2) is 11.4 Å². The average Bonchev–Trinajstić information content (AvgIpc) is 3.06. The number of alkyl halides is 1. The van der Waals surface area contributed by atoms with Crippen molar-refractivity contribution in [2.24, 2.45) is 0 Å². The zero-order valence-electron chi connectivity index (χ0n) is 11.1. The number of carbonyl (C=O) groups excluding carboxylic acids is 1. The van der Waals surface area contributed by atoms with Crippen molar-refractivity contribution < 1.29 is 4.79 Å². The van der Waals surface area contributed by atoms with Crippen LogP contribution in [0.4, 0.5) is 0 Å². The number of halogens is 1. The molecule has 0 spiro atoms. The Morgan fingerprint density at radius 3 is 2.95 bits per heavy atom. The Hall–Kier alpha value is -0.540. The fourth-order valence-electron chi connectivity index (χ4n) is 3.45. The Bertz CT molecular complexity index is 464. The van der Waals surface area contributed by atoms with Gasteiger partial charge in [-0.05, 0) is 49.1 Å². The van der Waals surface area contributed by atoms with Crippen molar-refractivity contribution in [3.63, 3.8) is 0 Å². The fourth-order valence-corrected chi connectivity index (χ4v) is 4.77. The second-order valence-electron chi connectivity index (χ2n) is 5.85. The molecule has 1 heterocycles. The summed E-state index contributed by atoms with van der Waals surface area (Å²) in [6, 6.07) is 2.13. The van der Waals surface area contributed by atoms with Crippen LogP contribution in [-0.4, -0.2) is 17.3 Å².